The maximum absolute atomic E-state index is 4.93. The highest BCUT2D eigenvalue weighted by atomic mass is 15.4. The van der Waals surface area contributed by atoms with Crippen LogP contribution in [0.3, 0.4) is 0 Å². The minimum atomic E-state index is 0.0291. The van der Waals surface area contributed by atoms with E-state index in [2.05, 4.69) is 41.3 Å². The van der Waals surface area contributed by atoms with Crippen LogP contribution in [0.4, 0.5) is 0 Å². The monoisotopic (exact) mass is 372 g/mol. The second kappa shape index (κ2) is 8.17. The summed E-state index contributed by atoms with van der Waals surface area (Å²) in [7, 11) is 0. The van der Waals surface area contributed by atoms with Crippen LogP contribution < -0.4 is 0 Å². The molecule has 0 radical (unpaired) electrons. The molecule has 4 rings (SSSR count). The van der Waals surface area contributed by atoms with Gasteiger partial charge in [0.15, 0.2) is 11.6 Å². The molecule has 0 unspecified atom stereocenters. The van der Waals surface area contributed by atoms with Gasteiger partial charge in [0.1, 0.15) is 6.04 Å². The van der Waals surface area contributed by atoms with Crippen molar-refractivity contribution in [2.24, 2.45) is 0 Å². The Morgan fingerprint density at radius 1 is 1.00 bits per heavy atom. The minimum absolute atomic E-state index is 0.0291. The molecule has 6 heteroatoms. The largest absolute Gasteiger partial charge is 0.262 e. The van der Waals surface area contributed by atoms with Gasteiger partial charge >= 0.3 is 0 Å². The second-order valence-corrected chi connectivity index (χ2v) is 6.85. The summed E-state index contributed by atoms with van der Waals surface area (Å²) < 4.78 is 3.90. The smallest absolute Gasteiger partial charge is 0.157 e. The Labute approximate surface area is 164 Å². The highest BCUT2D eigenvalue weighted by molar-refractivity contribution is 5.32. The lowest BCUT2D eigenvalue weighted by Crippen LogP contribution is -2.16. The van der Waals surface area contributed by atoms with E-state index in [9.17, 15) is 0 Å². The fourth-order valence-corrected chi connectivity index (χ4v) is 3.40. The molecule has 4 aromatic rings. The van der Waals surface area contributed by atoms with Gasteiger partial charge in [-0.05, 0) is 43.5 Å². The molecule has 1 atom stereocenters. The Balaban J connectivity index is 1.71. The summed E-state index contributed by atoms with van der Waals surface area (Å²) in [4.78, 5) is 9.24. The predicted octanol–water partition coefficient (Wildman–Crippen LogP) is 3.95. The minimum Gasteiger partial charge on any atom is -0.262 e. The number of pyridine rings is 1. The zero-order chi connectivity index (χ0) is 19.3. The number of nitrogens with zero attached hydrogens (tertiary/aromatic N) is 6. The molecule has 0 bridgehead atoms. The highest BCUT2D eigenvalue weighted by Gasteiger charge is 2.22. The van der Waals surface area contributed by atoms with E-state index >= 15 is 0 Å². The zero-order valence-electron chi connectivity index (χ0n) is 16.2. The molecule has 0 saturated carbocycles. The lowest BCUT2D eigenvalue weighted by Gasteiger charge is -2.16. The van der Waals surface area contributed by atoms with Gasteiger partial charge < -0.3 is 0 Å². The lowest BCUT2D eigenvalue weighted by molar-refractivity contribution is 0.474. The summed E-state index contributed by atoms with van der Waals surface area (Å²) in [5.74, 6) is 1.75. The first-order chi connectivity index (χ1) is 13.7. The molecule has 0 aliphatic rings. The molecule has 0 aliphatic carbocycles. The third kappa shape index (κ3) is 3.86. The van der Waals surface area contributed by atoms with Crippen molar-refractivity contribution in [2.45, 2.75) is 39.2 Å². The van der Waals surface area contributed by atoms with Crippen LogP contribution >= 0.6 is 0 Å². The molecule has 0 spiro atoms. The van der Waals surface area contributed by atoms with Gasteiger partial charge in [0.05, 0.1) is 5.69 Å². The summed E-state index contributed by atoms with van der Waals surface area (Å²) in [5, 5.41) is 9.29. The standard InChI is InChI=1S/C22H24N6/c1-3-20(27-15-7-13-24-27)22-25-21(11-10-18-8-5-4-6-9-18)26-28(22)19-12-14-23-17(2)16-19/h4-9,12-16,20H,3,10-11H2,1-2H3/t20-/m0/s1. The molecule has 6 nitrogen and oxygen atoms in total. The quantitative estimate of drug-likeness (QED) is 0.493. The van der Waals surface area contributed by atoms with E-state index < -0.39 is 0 Å². The fraction of sp³-hybridized carbons (Fsp3) is 0.273. The zero-order valence-corrected chi connectivity index (χ0v) is 16.2. The second-order valence-electron chi connectivity index (χ2n) is 6.85. The van der Waals surface area contributed by atoms with Gasteiger partial charge in [0.25, 0.3) is 0 Å². The molecule has 142 valence electrons. The van der Waals surface area contributed by atoms with Crippen molar-refractivity contribution in [3.05, 3.63) is 90.0 Å². The lowest BCUT2D eigenvalue weighted by atomic mass is 10.1. The van der Waals surface area contributed by atoms with E-state index in [1.54, 1.807) is 6.20 Å². The normalized spacial score (nSPS) is 12.2. The van der Waals surface area contributed by atoms with Crippen LogP contribution in [0.1, 0.15) is 42.3 Å². The SMILES string of the molecule is CC[C@@H](c1nc(CCc2ccccc2)nn1-c1ccnc(C)c1)n1cccn1. The van der Waals surface area contributed by atoms with Crippen LogP contribution in [0.15, 0.2) is 67.1 Å². The molecule has 0 amide bonds. The summed E-state index contributed by atoms with van der Waals surface area (Å²) in [6.07, 6.45) is 8.18. The van der Waals surface area contributed by atoms with Crippen molar-refractivity contribution in [1.29, 1.82) is 0 Å². The molecular formula is C22H24N6. The van der Waals surface area contributed by atoms with Gasteiger partial charge in [-0.3, -0.25) is 9.67 Å². The number of hydrogen-bond donors (Lipinski definition) is 0. The Morgan fingerprint density at radius 2 is 1.86 bits per heavy atom. The number of aryl methyl sites for hydroxylation is 3. The van der Waals surface area contributed by atoms with E-state index in [0.717, 1.165) is 42.3 Å². The van der Waals surface area contributed by atoms with Crippen LogP contribution in [0.2, 0.25) is 0 Å². The summed E-state index contributed by atoms with van der Waals surface area (Å²) >= 11 is 0. The molecule has 3 heterocycles. The molecule has 0 aliphatic heterocycles. The number of rotatable bonds is 7. The van der Waals surface area contributed by atoms with Gasteiger partial charge in [-0.2, -0.15) is 10.2 Å². The van der Waals surface area contributed by atoms with Crippen molar-refractivity contribution in [2.75, 3.05) is 0 Å². The third-order valence-electron chi connectivity index (χ3n) is 4.81. The van der Waals surface area contributed by atoms with Gasteiger partial charge in [-0.1, -0.05) is 37.3 Å². The third-order valence-corrected chi connectivity index (χ3v) is 4.81. The Bertz CT molecular complexity index is 1020. The highest BCUT2D eigenvalue weighted by Crippen LogP contribution is 2.23. The maximum Gasteiger partial charge on any atom is 0.157 e. The summed E-state index contributed by atoms with van der Waals surface area (Å²) in [6.45, 7) is 4.13. The summed E-state index contributed by atoms with van der Waals surface area (Å²) in [6, 6.07) is 16.4. The van der Waals surface area contributed by atoms with Crippen molar-refractivity contribution in [3.8, 4) is 5.69 Å². The van der Waals surface area contributed by atoms with Crippen LogP contribution in [0.5, 0.6) is 0 Å². The van der Waals surface area contributed by atoms with Crippen LogP contribution in [-0.2, 0) is 12.8 Å². The molecule has 0 N–H and O–H groups in total. The molecule has 0 fully saturated rings. The van der Waals surface area contributed by atoms with Gasteiger partial charge in [0, 0.05) is 30.7 Å². The number of hydrogen-bond acceptors (Lipinski definition) is 4. The van der Waals surface area contributed by atoms with Gasteiger partial charge in [-0.15, -0.1) is 0 Å². The Morgan fingerprint density at radius 3 is 2.57 bits per heavy atom. The number of aromatic nitrogens is 6. The average Bonchev–Trinajstić information content (AvgIpc) is 3.39. The first-order valence-corrected chi connectivity index (χ1v) is 9.66. The van der Waals surface area contributed by atoms with E-state index in [-0.39, 0.29) is 6.04 Å². The Kier molecular flexibility index (Phi) is 5.28. The van der Waals surface area contributed by atoms with Crippen LogP contribution in [0.25, 0.3) is 5.69 Å². The predicted molar refractivity (Wildman–Crippen MR) is 108 cm³/mol. The van der Waals surface area contributed by atoms with E-state index in [1.165, 1.54) is 5.56 Å². The fourth-order valence-electron chi connectivity index (χ4n) is 3.40. The molecular weight excluding hydrogens is 348 g/mol. The van der Waals surface area contributed by atoms with Crippen molar-refractivity contribution in [1.82, 2.24) is 29.5 Å². The number of benzene rings is 1. The van der Waals surface area contributed by atoms with E-state index in [1.807, 2.05) is 52.9 Å². The molecule has 0 saturated heterocycles. The van der Waals surface area contributed by atoms with Crippen LogP contribution in [-0.4, -0.2) is 29.5 Å². The van der Waals surface area contributed by atoms with Crippen molar-refractivity contribution < 1.29 is 0 Å². The van der Waals surface area contributed by atoms with Crippen LogP contribution in [0, 0.1) is 6.92 Å². The molecule has 28 heavy (non-hydrogen) atoms. The molecule has 3 aromatic heterocycles. The van der Waals surface area contributed by atoms with E-state index in [0.29, 0.717) is 0 Å². The van der Waals surface area contributed by atoms with Gasteiger partial charge in [0.2, 0.25) is 0 Å². The first-order valence-electron chi connectivity index (χ1n) is 9.66. The first kappa shape index (κ1) is 18.1. The molecule has 1 aromatic carbocycles. The average molecular weight is 372 g/mol. The summed E-state index contributed by atoms with van der Waals surface area (Å²) in [5.41, 5.74) is 3.22. The Hall–Kier alpha value is -3.28. The van der Waals surface area contributed by atoms with Crippen molar-refractivity contribution >= 4 is 0 Å². The van der Waals surface area contributed by atoms with Crippen molar-refractivity contribution in [3.63, 3.8) is 0 Å². The maximum atomic E-state index is 4.93. The van der Waals surface area contributed by atoms with E-state index in [4.69, 9.17) is 10.1 Å². The van der Waals surface area contributed by atoms with Gasteiger partial charge in [-0.25, -0.2) is 9.67 Å². The topological polar surface area (TPSA) is 61.4 Å².